The Balaban J connectivity index is 1.43. The Morgan fingerprint density at radius 3 is 2.93 bits per heavy atom. The fourth-order valence-electron chi connectivity index (χ4n) is 3.89. The zero-order valence-electron chi connectivity index (χ0n) is 15.9. The van der Waals surface area contributed by atoms with E-state index in [-0.39, 0.29) is 18.6 Å². The van der Waals surface area contributed by atoms with Gasteiger partial charge in [0.05, 0.1) is 5.02 Å². The van der Waals surface area contributed by atoms with Crippen molar-refractivity contribution >= 4 is 40.0 Å². The predicted molar refractivity (Wildman–Crippen MR) is 114 cm³/mol. The van der Waals surface area contributed by atoms with Crippen LogP contribution in [0.15, 0.2) is 30.3 Å². The van der Waals surface area contributed by atoms with Crippen LogP contribution in [0.3, 0.4) is 0 Å². The van der Waals surface area contributed by atoms with Gasteiger partial charge in [0.15, 0.2) is 6.61 Å². The molecule has 0 spiro atoms. The van der Waals surface area contributed by atoms with Gasteiger partial charge in [-0.25, -0.2) is 0 Å². The van der Waals surface area contributed by atoms with Crippen molar-refractivity contribution in [3.63, 3.8) is 0 Å². The number of nitrogens with one attached hydrogen (secondary N) is 2. The normalized spacial score (nSPS) is 16.1. The van der Waals surface area contributed by atoms with Crippen LogP contribution in [0.4, 0.5) is 0 Å². The maximum absolute atomic E-state index is 12.4. The van der Waals surface area contributed by atoms with Crippen LogP contribution in [0, 0.1) is 13.8 Å². The first-order valence-electron chi connectivity index (χ1n) is 9.39. The van der Waals surface area contributed by atoms with Gasteiger partial charge >= 0.3 is 0 Å². The Morgan fingerprint density at radius 2 is 2.11 bits per heavy atom. The second-order valence-electron chi connectivity index (χ2n) is 7.39. The van der Waals surface area contributed by atoms with Crippen LogP contribution in [0.5, 0.6) is 5.75 Å². The molecule has 0 fully saturated rings. The molecule has 0 radical (unpaired) electrons. The topological polar surface area (TPSA) is 54.1 Å². The van der Waals surface area contributed by atoms with Gasteiger partial charge < -0.3 is 15.0 Å². The number of halogens is 2. The van der Waals surface area contributed by atoms with Gasteiger partial charge in [0, 0.05) is 27.7 Å². The molecular weight excluding hydrogens is 395 g/mol. The van der Waals surface area contributed by atoms with E-state index in [9.17, 15) is 4.79 Å². The van der Waals surface area contributed by atoms with Gasteiger partial charge in [-0.2, -0.15) is 0 Å². The van der Waals surface area contributed by atoms with Crippen LogP contribution in [-0.2, 0) is 17.6 Å². The fraction of sp³-hybridized carbons (Fsp3) is 0.318. The summed E-state index contributed by atoms with van der Waals surface area (Å²) in [5.74, 6) is 0.643. The number of aromatic nitrogens is 1. The van der Waals surface area contributed by atoms with Gasteiger partial charge in [0.1, 0.15) is 5.75 Å². The molecule has 2 N–H and O–H groups in total. The lowest BCUT2D eigenvalue weighted by molar-refractivity contribution is -0.123. The van der Waals surface area contributed by atoms with Crippen LogP contribution in [-0.4, -0.2) is 23.5 Å². The number of fused-ring (bicyclic) bond motifs is 3. The highest BCUT2D eigenvalue weighted by atomic mass is 35.5. The summed E-state index contributed by atoms with van der Waals surface area (Å²) in [6, 6.07) is 9.58. The summed E-state index contributed by atoms with van der Waals surface area (Å²) in [5, 5.41) is 5.37. The van der Waals surface area contributed by atoms with E-state index in [0.29, 0.717) is 10.0 Å². The lowest BCUT2D eigenvalue weighted by Gasteiger charge is -2.24. The van der Waals surface area contributed by atoms with Crippen molar-refractivity contribution in [2.45, 2.75) is 39.2 Å². The average Bonchev–Trinajstić information content (AvgIpc) is 3.00. The molecule has 1 aliphatic carbocycles. The van der Waals surface area contributed by atoms with Gasteiger partial charge in [-0.15, -0.1) is 0 Å². The van der Waals surface area contributed by atoms with E-state index < -0.39 is 0 Å². The van der Waals surface area contributed by atoms with Crippen LogP contribution >= 0.6 is 23.2 Å². The Kier molecular flexibility index (Phi) is 5.26. The molecule has 6 heteroatoms. The van der Waals surface area contributed by atoms with Crippen molar-refractivity contribution in [3.8, 4) is 5.75 Å². The third-order valence-corrected chi connectivity index (χ3v) is 6.00. The SMILES string of the molecule is Cc1cccc(OCC(=O)N[C@H]2CCc3[nH]c4cc(Cl)cc(Cl)c4c3C2)c1C. The third-order valence-electron chi connectivity index (χ3n) is 5.48. The maximum atomic E-state index is 12.4. The van der Waals surface area contributed by atoms with Crippen LogP contribution < -0.4 is 10.1 Å². The van der Waals surface area contributed by atoms with E-state index in [0.717, 1.165) is 47.0 Å². The molecule has 1 atom stereocenters. The van der Waals surface area contributed by atoms with Crippen LogP contribution in [0.1, 0.15) is 28.8 Å². The summed E-state index contributed by atoms with van der Waals surface area (Å²) >= 11 is 12.5. The number of ether oxygens (including phenoxy) is 1. The molecule has 1 amide bonds. The standard InChI is InChI=1S/C22H22Cl2N2O2/c1-12-4-3-5-20(13(12)2)28-11-21(27)25-15-6-7-18-16(10-15)22-17(24)8-14(23)9-19(22)26-18/h3-5,8-9,15,26H,6-7,10-11H2,1-2H3,(H,25,27)/t15-/m0/s1. The highest BCUT2D eigenvalue weighted by Crippen LogP contribution is 2.35. The Hall–Kier alpha value is -2.17. The van der Waals surface area contributed by atoms with Crippen molar-refractivity contribution in [2.75, 3.05) is 6.61 Å². The summed E-state index contributed by atoms with van der Waals surface area (Å²) in [7, 11) is 0. The summed E-state index contributed by atoms with van der Waals surface area (Å²) in [6.45, 7) is 4.04. The largest absolute Gasteiger partial charge is 0.483 e. The molecule has 2 aromatic carbocycles. The molecule has 0 unspecified atom stereocenters. The molecular formula is C22H22Cl2N2O2. The Morgan fingerprint density at radius 1 is 1.29 bits per heavy atom. The zero-order chi connectivity index (χ0) is 19.8. The number of amides is 1. The Bertz CT molecular complexity index is 1060. The van der Waals surface area contributed by atoms with E-state index >= 15 is 0 Å². The first-order valence-corrected chi connectivity index (χ1v) is 10.1. The molecule has 0 saturated carbocycles. The van der Waals surface area contributed by atoms with Crippen molar-refractivity contribution in [1.82, 2.24) is 10.3 Å². The minimum atomic E-state index is -0.108. The van der Waals surface area contributed by atoms with Gasteiger partial charge in [-0.05, 0) is 68.0 Å². The number of aryl methyl sites for hydroxylation is 2. The number of carbonyl (C=O) groups excluding carboxylic acids is 1. The van der Waals surface area contributed by atoms with E-state index in [4.69, 9.17) is 27.9 Å². The zero-order valence-corrected chi connectivity index (χ0v) is 17.4. The number of hydrogen-bond donors (Lipinski definition) is 2. The fourth-order valence-corrected chi connectivity index (χ4v) is 4.50. The van der Waals surface area contributed by atoms with Gasteiger partial charge in [-0.1, -0.05) is 35.3 Å². The smallest absolute Gasteiger partial charge is 0.258 e. The summed E-state index contributed by atoms with van der Waals surface area (Å²) in [5.41, 5.74) is 5.51. The van der Waals surface area contributed by atoms with E-state index in [1.807, 2.05) is 38.1 Å². The average molecular weight is 417 g/mol. The summed E-state index contributed by atoms with van der Waals surface area (Å²) < 4.78 is 5.72. The lowest BCUT2D eigenvalue weighted by atomic mass is 9.91. The number of benzene rings is 2. The highest BCUT2D eigenvalue weighted by molar-refractivity contribution is 6.38. The Labute approximate surface area is 174 Å². The van der Waals surface area contributed by atoms with Gasteiger partial charge in [0.25, 0.3) is 5.91 Å². The molecule has 146 valence electrons. The summed E-state index contributed by atoms with van der Waals surface area (Å²) in [4.78, 5) is 15.8. The van der Waals surface area contributed by atoms with Gasteiger partial charge in [-0.3, -0.25) is 4.79 Å². The molecule has 4 nitrogen and oxygen atoms in total. The minimum absolute atomic E-state index is 0.0118. The monoisotopic (exact) mass is 416 g/mol. The molecule has 1 aliphatic rings. The predicted octanol–water partition coefficient (Wildman–Crippen LogP) is 5.14. The van der Waals surface area contributed by atoms with Crippen molar-refractivity contribution in [2.24, 2.45) is 0 Å². The molecule has 0 aliphatic heterocycles. The second-order valence-corrected chi connectivity index (χ2v) is 8.23. The van der Waals surface area contributed by atoms with E-state index in [1.54, 1.807) is 6.07 Å². The first kappa shape index (κ1) is 19.2. The highest BCUT2D eigenvalue weighted by Gasteiger charge is 2.25. The number of hydrogen-bond acceptors (Lipinski definition) is 2. The molecule has 1 aromatic heterocycles. The molecule has 0 bridgehead atoms. The van der Waals surface area contributed by atoms with E-state index in [2.05, 4.69) is 10.3 Å². The molecule has 1 heterocycles. The maximum Gasteiger partial charge on any atom is 0.258 e. The minimum Gasteiger partial charge on any atom is -0.483 e. The van der Waals surface area contributed by atoms with E-state index in [1.165, 1.54) is 11.3 Å². The number of rotatable bonds is 4. The lowest BCUT2D eigenvalue weighted by Crippen LogP contribution is -2.41. The number of H-pyrrole nitrogens is 1. The molecule has 4 rings (SSSR count). The molecule has 3 aromatic rings. The first-order chi connectivity index (χ1) is 13.4. The van der Waals surface area contributed by atoms with Crippen LogP contribution in [0.2, 0.25) is 10.0 Å². The quantitative estimate of drug-likeness (QED) is 0.617. The van der Waals surface area contributed by atoms with Crippen LogP contribution in [0.25, 0.3) is 10.9 Å². The second kappa shape index (κ2) is 7.69. The summed E-state index contributed by atoms with van der Waals surface area (Å²) in [6.07, 6.45) is 2.48. The van der Waals surface area contributed by atoms with Crippen molar-refractivity contribution in [1.29, 1.82) is 0 Å². The molecule has 28 heavy (non-hydrogen) atoms. The van der Waals surface area contributed by atoms with Gasteiger partial charge in [0.2, 0.25) is 0 Å². The number of aromatic amines is 1. The molecule has 0 saturated heterocycles. The number of carbonyl (C=O) groups is 1. The van der Waals surface area contributed by atoms with Crippen molar-refractivity contribution in [3.05, 3.63) is 62.8 Å². The van der Waals surface area contributed by atoms with Crippen molar-refractivity contribution < 1.29 is 9.53 Å². The third kappa shape index (κ3) is 3.71.